The Bertz CT molecular complexity index is 368. The molecule has 16 heavy (non-hydrogen) atoms. The van der Waals surface area contributed by atoms with Gasteiger partial charge in [0, 0.05) is 6.54 Å². The predicted octanol–water partition coefficient (Wildman–Crippen LogP) is 1.73. The molecule has 0 atom stereocenters. The molecule has 1 amide bonds. The summed E-state index contributed by atoms with van der Waals surface area (Å²) >= 11 is 0. The molecule has 0 spiro atoms. The van der Waals surface area contributed by atoms with Crippen molar-refractivity contribution in [1.29, 1.82) is 0 Å². The number of nitrogens with one attached hydrogen (secondary N) is 1. The summed E-state index contributed by atoms with van der Waals surface area (Å²) in [5.41, 5.74) is 0.787. The van der Waals surface area contributed by atoms with E-state index in [-0.39, 0.29) is 5.75 Å². The highest BCUT2D eigenvalue weighted by molar-refractivity contribution is 5.66. The van der Waals surface area contributed by atoms with Crippen LogP contribution in [0, 0.1) is 5.82 Å². The molecule has 0 fully saturated rings. The Kier molecular flexibility index (Phi) is 4.57. The first kappa shape index (κ1) is 12.3. The van der Waals surface area contributed by atoms with Crippen LogP contribution < -0.4 is 10.1 Å². The van der Waals surface area contributed by atoms with E-state index in [9.17, 15) is 9.18 Å². The lowest BCUT2D eigenvalue weighted by molar-refractivity contribution is 0.171. The third kappa shape index (κ3) is 3.42. The van der Waals surface area contributed by atoms with E-state index in [1.165, 1.54) is 20.3 Å². The van der Waals surface area contributed by atoms with Gasteiger partial charge < -0.3 is 14.8 Å². The van der Waals surface area contributed by atoms with Gasteiger partial charge in [-0.3, -0.25) is 0 Å². The Hall–Kier alpha value is -1.78. The quantitative estimate of drug-likeness (QED) is 0.852. The van der Waals surface area contributed by atoms with Crippen LogP contribution in [-0.2, 0) is 11.2 Å². The highest BCUT2D eigenvalue weighted by Gasteiger charge is 2.04. The van der Waals surface area contributed by atoms with E-state index in [0.717, 1.165) is 5.56 Å². The molecule has 0 unspecified atom stereocenters. The number of methoxy groups -OCH3 is 2. The minimum Gasteiger partial charge on any atom is -0.494 e. The molecule has 1 N–H and O–H groups in total. The van der Waals surface area contributed by atoms with Crippen molar-refractivity contribution in [2.24, 2.45) is 0 Å². The van der Waals surface area contributed by atoms with E-state index in [2.05, 4.69) is 10.1 Å². The first-order valence-electron chi connectivity index (χ1n) is 4.81. The number of alkyl carbamates (subject to hydrolysis) is 1. The SMILES string of the molecule is COC(=O)NCCc1ccc(OC)c(F)c1. The van der Waals surface area contributed by atoms with Crippen LogP contribution in [-0.4, -0.2) is 26.9 Å². The van der Waals surface area contributed by atoms with Gasteiger partial charge in [0.1, 0.15) is 0 Å². The van der Waals surface area contributed by atoms with Crippen molar-refractivity contribution in [3.05, 3.63) is 29.6 Å². The van der Waals surface area contributed by atoms with Gasteiger partial charge in [-0.05, 0) is 24.1 Å². The number of hydrogen-bond donors (Lipinski definition) is 1. The van der Waals surface area contributed by atoms with Gasteiger partial charge in [-0.2, -0.15) is 0 Å². The molecule has 0 saturated heterocycles. The molecule has 88 valence electrons. The first-order chi connectivity index (χ1) is 7.67. The van der Waals surface area contributed by atoms with Gasteiger partial charge in [0.25, 0.3) is 0 Å². The molecule has 0 aliphatic rings. The molecule has 0 aliphatic heterocycles. The molecule has 0 aliphatic carbocycles. The Balaban J connectivity index is 2.49. The summed E-state index contributed by atoms with van der Waals surface area (Å²) in [5.74, 6) is -0.192. The zero-order valence-electron chi connectivity index (χ0n) is 9.25. The maximum absolute atomic E-state index is 13.3. The molecule has 0 saturated carbocycles. The molecule has 1 aromatic carbocycles. The Labute approximate surface area is 93.4 Å². The average Bonchev–Trinajstić information content (AvgIpc) is 2.29. The van der Waals surface area contributed by atoms with Crippen LogP contribution >= 0.6 is 0 Å². The summed E-state index contributed by atoms with van der Waals surface area (Å²) in [6.45, 7) is 0.401. The van der Waals surface area contributed by atoms with Gasteiger partial charge in [-0.25, -0.2) is 9.18 Å². The van der Waals surface area contributed by atoms with Crippen LogP contribution in [0.5, 0.6) is 5.75 Å². The van der Waals surface area contributed by atoms with Crippen LogP contribution in [0.15, 0.2) is 18.2 Å². The van der Waals surface area contributed by atoms with Crippen LogP contribution in [0.1, 0.15) is 5.56 Å². The number of amides is 1. The smallest absolute Gasteiger partial charge is 0.406 e. The van der Waals surface area contributed by atoms with Gasteiger partial charge in [0.05, 0.1) is 14.2 Å². The van der Waals surface area contributed by atoms with E-state index in [1.54, 1.807) is 12.1 Å². The topological polar surface area (TPSA) is 47.6 Å². The molecule has 1 rings (SSSR count). The number of halogens is 1. The predicted molar refractivity (Wildman–Crippen MR) is 57.1 cm³/mol. The first-order valence-corrected chi connectivity index (χ1v) is 4.81. The molecular weight excluding hydrogens is 213 g/mol. The van der Waals surface area contributed by atoms with Gasteiger partial charge in [-0.15, -0.1) is 0 Å². The van der Waals surface area contributed by atoms with Crippen molar-refractivity contribution in [3.8, 4) is 5.75 Å². The second-order valence-corrected chi connectivity index (χ2v) is 3.14. The zero-order chi connectivity index (χ0) is 12.0. The Morgan fingerprint density at radius 3 is 2.75 bits per heavy atom. The Morgan fingerprint density at radius 1 is 1.44 bits per heavy atom. The fraction of sp³-hybridized carbons (Fsp3) is 0.364. The number of rotatable bonds is 4. The summed E-state index contributed by atoms with van der Waals surface area (Å²) in [6, 6.07) is 4.70. The number of ether oxygens (including phenoxy) is 2. The van der Waals surface area contributed by atoms with E-state index in [0.29, 0.717) is 13.0 Å². The van der Waals surface area contributed by atoms with Crippen molar-refractivity contribution in [3.63, 3.8) is 0 Å². The number of hydrogen-bond acceptors (Lipinski definition) is 3. The molecule has 4 nitrogen and oxygen atoms in total. The summed E-state index contributed by atoms with van der Waals surface area (Å²) < 4.78 is 22.5. The van der Waals surface area contributed by atoms with Gasteiger partial charge in [0.2, 0.25) is 0 Å². The van der Waals surface area contributed by atoms with Crippen LogP contribution in [0.25, 0.3) is 0 Å². The molecule has 0 radical (unpaired) electrons. The monoisotopic (exact) mass is 227 g/mol. The minimum absolute atomic E-state index is 0.213. The fourth-order valence-electron chi connectivity index (χ4n) is 1.25. The highest BCUT2D eigenvalue weighted by atomic mass is 19.1. The van der Waals surface area contributed by atoms with Crippen molar-refractivity contribution < 1.29 is 18.7 Å². The van der Waals surface area contributed by atoms with Gasteiger partial charge in [0.15, 0.2) is 11.6 Å². The lowest BCUT2D eigenvalue weighted by atomic mass is 10.1. The van der Waals surface area contributed by atoms with Gasteiger partial charge >= 0.3 is 6.09 Å². The molecular formula is C11H14FNO3. The number of carbonyl (C=O) groups excluding carboxylic acids is 1. The standard InChI is InChI=1S/C11H14FNO3/c1-15-10-4-3-8(7-9(10)12)5-6-13-11(14)16-2/h3-4,7H,5-6H2,1-2H3,(H,13,14). The largest absolute Gasteiger partial charge is 0.494 e. The molecule has 1 aromatic rings. The normalized spacial score (nSPS) is 9.69. The number of carbonyl (C=O) groups is 1. The van der Waals surface area contributed by atoms with E-state index in [4.69, 9.17) is 4.74 Å². The van der Waals surface area contributed by atoms with E-state index >= 15 is 0 Å². The third-order valence-electron chi connectivity index (χ3n) is 2.08. The van der Waals surface area contributed by atoms with Gasteiger partial charge in [-0.1, -0.05) is 6.07 Å². The molecule has 5 heteroatoms. The van der Waals surface area contributed by atoms with Crippen LogP contribution in [0.3, 0.4) is 0 Å². The molecule has 0 aromatic heterocycles. The van der Waals surface area contributed by atoms with Crippen LogP contribution in [0.4, 0.5) is 9.18 Å². The molecule has 0 heterocycles. The number of benzene rings is 1. The zero-order valence-corrected chi connectivity index (χ0v) is 9.25. The lowest BCUT2D eigenvalue weighted by Gasteiger charge is -2.06. The maximum atomic E-state index is 13.3. The van der Waals surface area contributed by atoms with Crippen molar-refractivity contribution in [2.75, 3.05) is 20.8 Å². The summed E-state index contributed by atoms with van der Waals surface area (Å²) in [4.78, 5) is 10.7. The summed E-state index contributed by atoms with van der Waals surface area (Å²) in [7, 11) is 2.71. The Morgan fingerprint density at radius 2 is 2.19 bits per heavy atom. The lowest BCUT2D eigenvalue weighted by Crippen LogP contribution is -2.25. The second kappa shape index (κ2) is 5.95. The van der Waals surface area contributed by atoms with Crippen molar-refractivity contribution in [2.45, 2.75) is 6.42 Å². The van der Waals surface area contributed by atoms with E-state index < -0.39 is 11.9 Å². The van der Waals surface area contributed by atoms with Crippen molar-refractivity contribution >= 4 is 6.09 Å². The summed E-state index contributed by atoms with van der Waals surface area (Å²) in [5, 5.41) is 2.51. The minimum atomic E-state index is -0.492. The highest BCUT2D eigenvalue weighted by Crippen LogP contribution is 2.17. The maximum Gasteiger partial charge on any atom is 0.406 e. The fourth-order valence-corrected chi connectivity index (χ4v) is 1.25. The molecule has 0 bridgehead atoms. The second-order valence-electron chi connectivity index (χ2n) is 3.14. The van der Waals surface area contributed by atoms with Crippen LogP contribution in [0.2, 0.25) is 0 Å². The average molecular weight is 227 g/mol. The van der Waals surface area contributed by atoms with Crippen molar-refractivity contribution in [1.82, 2.24) is 5.32 Å². The third-order valence-corrected chi connectivity index (χ3v) is 2.08. The summed E-state index contributed by atoms with van der Waals surface area (Å²) in [6.07, 6.45) is 0.0460. The van der Waals surface area contributed by atoms with E-state index in [1.807, 2.05) is 0 Å².